The highest BCUT2D eigenvalue weighted by Gasteiger charge is 2.51. The van der Waals surface area contributed by atoms with Crippen LogP contribution in [0.2, 0.25) is 0 Å². The highest BCUT2D eigenvalue weighted by atomic mass is 16.7. The van der Waals surface area contributed by atoms with Gasteiger partial charge in [0, 0.05) is 24.5 Å². The van der Waals surface area contributed by atoms with Crippen LogP contribution in [-0.2, 0) is 28.5 Å². The number of hydrogen-bond acceptors (Lipinski definition) is 10. The summed E-state index contributed by atoms with van der Waals surface area (Å²) in [5, 5.41) is 23.5. The van der Waals surface area contributed by atoms with Crippen molar-refractivity contribution in [2.45, 2.75) is 141 Å². The molecule has 0 unspecified atom stereocenters. The first-order valence-corrected chi connectivity index (χ1v) is 17.0. The minimum atomic E-state index is -1.33. The van der Waals surface area contributed by atoms with E-state index in [1.807, 2.05) is 39.8 Å². The first kappa shape index (κ1) is 38.1. The van der Waals surface area contributed by atoms with E-state index < -0.39 is 53.6 Å². The standard InChI is InChI=1S/C35H62N2O8/c1-13-28-35(9,41)26-15-14-20(2)19-42-34(8,17-22(4)37(12)18-21(26)3)31(24(6)29(38)25(7)32(40)44-28)45-33-30(39)27(36(10)11)16-23(5)43-33/h21-28,30-31,33,39,41H,2,13-19H2,1,3-12H3/t21-,22+,23+,24-,25+,26+,27-,28+,30+,31+,33-,34+,35-/m0/s1. The summed E-state index contributed by atoms with van der Waals surface area (Å²) in [6.07, 6.45) is -1.04. The van der Waals surface area contributed by atoms with Gasteiger partial charge in [-0.05, 0) is 99.7 Å². The molecule has 10 nitrogen and oxygen atoms in total. The number of esters is 1. The molecule has 13 atom stereocenters. The Morgan fingerprint density at radius 1 is 1.13 bits per heavy atom. The number of fused-ring (bicyclic) bond motifs is 15. The quantitative estimate of drug-likeness (QED) is 0.267. The Morgan fingerprint density at radius 2 is 1.78 bits per heavy atom. The third-order valence-corrected chi connectivity index (χ3v) is 11.0. The van der Waals surface area contributed by atoms with E-state index in [0.717, 1.165) is 5.57 Å². The summed E-state index contributed by atoms with van der Waals surface area (Å²) in [6, 6.07) is -0.207. The van der Waals surface area contributed by atoms with E-state index in [2.05, 4.69) is 32.4 Å². The molecule has 0 amide bonds. The lowest BCUT2D eigenvalue weighted by Crippen LogP contribution is -2.60. The zero-order chi connectivity index (χ0) is 34.0. The summed E-state index contributed by atoms with van der Waals surface area (Å²) in [7, 11) is 5.90. The normalized spacial score (nSPS) is 45.3. The first-order valence-electron chi connectivity index (χ1n) is 17.0. The number of carbonyl (C=O) groups excluding carboxylic acids is 2. The highest BCUT2D eigenvalue weighted by Crippen LogP contribution is 2.40. The third-order valence-electron chi connectivity index (χ3n) is 11.0. The molecule has 0 aliphatic carbocycles. The van der Waals surface area contributed by atoms with E-state index in [1.54, 1.807) is 20.8 Å². The van der Waals surface area contributed by atoms with E-state index >= 15 is 0 Å². The average molecular weight is 639 g/mol. The number of rotatable bonds is 4. The van der Waals surface area contributed by atoms with Crippen LogP contribution in [0.3, 0.4) is 0 Å². The van der Waals surface area contributed by atoms with Crippen LogP contribution in [0, 0.1) is 23.7 Å². The maximum absolute atomic E-state index is 14.2. The van der Waals surface area contributed by atoms with Gasteiger partial charge >= 0.3 is 5.97 Å². The van der Waals surface area contributed by atoms with Gasteiger partial charge in [0.1, 0.15) is 23.7 Å². The SMILES string of the molecule is C=C1CC[C@@H]2[C@@H](C)CN(C)[C@H](C)C[C@@](C)(OC1)[C@H](O[C@@H]1O[C@H](C)C[C@H](N(C)C)[C@H]1O)[C@@H](C)C(=O)[C@@H](C)C(=O)O[C@H](CC)[C@@]2(C)O. The Morgan fingerprint density at radius 3 is 2.38 bits per heavy atom. The predicted molar refractivity (Wildman–Crippen MR) is 174 cm³/mol. The minimum absolute atomic E-state index is 0.00260. The number of aliphatic hydroxyl groups excluding tert-OH is 1. The number of aliphatic hydroxyl groups is 2. The van der Waals surface area contributed by atoms with Crippen molar-refractivity contribution in [3.63, 3.8) is 0 Å². The van der Waals surface area contributed by atoms with Crippen molar-refractivity contribution >= 4 is 11.8 Å². The van der Waals surface area contributed by atoms with Crippen molar-refractivity contribution in [1.29, 1.82) is 0 Å². The zero-order valence-electron chi connectivity index (χ0n) is 29.7. The Kier molecular flexibility index (Phi) is 12.9. The van der Waals surface area contributed by atoms with Crippen LogP contribution in [0.1, 0.15) is 87.5 Å². The minimum Gasteiger partial charge on any atom is -0.459 e. The molecule has 4 fully saturated rings. The van der Waals surface area contributed by atoms with Gasteiger partial charge in [0.05, 0.1) is 24.4 Å². The maximum Gasteiger partial charge on any atom is 0.316 e. The molecule has 4 rings (SSSR count). The van der Waals surface area contributed by atoms with E-state index in [4.69, 9.17) is 18.9 Å². The molecule has 0 aromatic rings. The molecular weight excluding hydrogens is 576 g/mol. The van der Waals surface area contributed by atoms with Crippen LogP contribution in [-0.4, -0.2) is 120 Å². The zero-order valence-corrected chi connectivity index (χ0v) is 29.7. The van der Waals surface area contributed by atoms with Gasteiger partial charge in [-0.3, -0.25) is 9.59 Å². The lowest BCUT2D eigenvalue weighted by Gasteiger charge is -2.48. The molecule has 4 heterocycles. The highest BCUT2D eigenvalue weighted by molar-refractivity contribution is 6.00. The summed E-state index contributed by atoms with van der Waals surface area (Å²) in [6.45, 7) is 20.4. The lowest BCUT2D eigenvalue weighted by atomic mass is 9.72. The maximum atomic E-state index is 14.2. The summed E-state index contributed by atoms with van der Waals surface area (Å²) >= 11 is 0. The van der Waals surface area contributed by atoms with Gasteiger partial charge in [-0.15, -0.1) is 0 Å². The van der Waals surface area contributed by atoms with E-state index in [-0.39, 0.29) is 42.4 Å². The molecular formula is C35H62N2O8. The van der Waals surface area contributed by atoms with Crippen molar-refractivity contribution in [2.24, 2.45) is 23.7 Å². The van der Waals surface area contributed by atoms with E-state index in [9.17, 15) is 19.8 Å². The Bertz CT molecular complexity index is 1040. The molecule has 0 saturated carbocycles. The number of nitrogens with zero attached hydrogens (tertiary/aromatic N) is 2. The van der Waals surface area contributed by atoms with Gasteiger partial charge in [-0.25, -0.2) is 0 Å². The number of likely N-dealkylation sites (N-methyl/N-ethyl adjacent to an activating group) is 1. The van der Waals surface area contributed by atoms with Crippen LogP contribution in [0.15, 0.2) is 12.2 Å². The largest absolute Gasteiger partial charge is 0.459 e. The van der Waals surface area contributed by atoms with Crippen molar-refractivity contribution < 1.29 is 38.7 Å². The second-order valence-electron chi connectivity index (χ2n) is 15.1. The summed E-state index contributed by atoms with van der Waals surface area (Å²) in [5.41, 5.74) is -1.48. The van der Waals surface area contributed by atoms with Crippen LogP contribution < -0.4 is 0 Å². The number of ether oxygens (including phenoxy) is 4. The van der Waals surface area contributed by atoms with Gasteiger partial charge in [-0.1, -0.05) is 32.9 Å². The molecule has 4 aliphatic heterocycles. The molecule has 10 heteroatoms. The van der Waals surface area contributed by atoms with Crippen molar-refractivity contribution in [3.05, 3.63) is 12.2 Å². The molecule has 0 aromatic carbocycles. The van der Waals surface area contributed by atoms with Gasteiger partial charge in [0.2, 0.25) is 0 Å². The number of Topliss-reactive ketones (excluding diaryl/α,β-unsaturated/α-hetero) is 1. The second-order valence-corrected chi connectivity index (χ2v) is 15.1. The monoisotopic (exact) mass is 638 g/mol. The fraction of sp³-hybridized carbons (Fsp3) is 0.886. The van der Waals surface area contributed by atoms with Crippen molar-refractivity contribution in [3.8, 4) is 0 Å². The van der Waals surface area contributed by atoms with E-state index in [0.29, 0.717) is 38.6 Å². The topological polar surface area (TPSA) is 118 Å². The lowest BCUT2D eigenvalue weighted by molar-refractivity contribution is -0.297. The Labute approximate surface area is 271 Å². The Hall–Kier alpha value is -1.40. The van der Waals surface area contributed by atoms with Gasteiger partial charge in [0.15, 0.2) is 12.1 Å². The van der Waals surface area contributed by atoms with Crippen LogP contribution in [0.25, 0.3) is 0 Å². The molecule has 45 heavy (non-hydrogen) atoms. The van der Waals surface area contributed by atoms with Crippen LogP contribution in [0.5, 0.6) is 0 Å². The molecule has 2 N–H and O–H groups in total. The number of hydrogen-bond donors (Lipinski definition) is 2. The molecule has 0 spiro atoms. The number of ketones is 1. The van der Waals surface area contributed by atoms with Crippen LogP contribution >= 0.6 is 0 Å². The molecule has 4 saturated heterocycles. The van der Waals surface area contributed by atoms with E-state index in [1.165, 1.54) is 0 Å². The molecule has 2 bridgehead atoms. The molecule has 260 valence electrons. The van der Waals surface area contributed by atoms with Crippen molar-refractivity contribution in [1.82, 2.24) is 9.80 Å². The van der Waals surface area contributed by atoms with Gasteiger partial charge in [0.25, 0.3) is 0 Å². The third kappa shape index (κ3) is 8.55. The summed E-state index contributed by atoms with van der Waals surface area (Å²) in [5.74, 6) is -3.09. The summed E-state index contributed by atoms with van der Waals surface area (Å²) < 4.78 is 25.7. The van der Waals surface area contributed by atoms with Gasteiger partial charge < -0.3 is 39.0 Å². The summed E-state index contributed by atoms with van der Waals surface area (Å²) in [4.78, 5) is 32.0. The Balaban J connectivity index is 2.19. The smallest absolute Gasteiger partial charge is 0.316 e. The molecule has 0 aromatic heterocycles. The predicted octanol–water partition coefficient (Wildman–Crippen LogP) is 3.81. The fourth-order valence-electron chi connectivity index (χ4n) is 7.96. The van der Waals surface area contributed by atoms with Crippen molar-refractivity contribution in [2.75, 3.05) is 34.3 Å². The average Bonchev–Trinajstić information content (AvgIpc) is 2.96. The second kappa shape index (κ2) is 15.2. The first-order chi connectivity index (χ1) is 20.8. The number of carbonyl (C=O) groups is 2. The molecule has 0 radical (unpaired) electrons. The van der Waals surface area contributed by atoms with Crippen LogP contribution in [0.4, 0.5) is 0 Å². The van der Waals surface area contributed by atoms with Gasteiger partial charge in [-0.2, -0.15) is 0 Å². The fourth-order valence-corrected chi connectivity index (χ4v) is 7.96. The molecule has 4 aliphatic rings.